The second kappa shape index (κ2) is 2.03. The minimum atomic E-state index is -0.417. The second-order valence-corrected chi connectivity index (χ2v) is 2.77. The molecule has 1 heterocycles. The van der Waals surface area contributed by atoms with Gasteiger partial charge in [0.05, 0.1) is 12.9 Å². The van der Waals surface area contributed by atoms with E-state index in [-0.39, 0.29) is 0 Å². The van der Waals surface area contributed by atoms with Crippen LogP contribution in [-0.2, 0) is 9.47 Å². The van der Waals surface area contributed by atoms with Crippen LogP contribution in [0, 0.1) is 0 Å². The lowest BCUT2D eigenvalue weighted by atomic mass is 10.3. The molecule has 0 radical (unpaired) electrons. The summed E-state index contributed by atoms with van der Waals surface area (Å²) in [7, 11) is 0. The SMILES string of the molecule is CC1=COC(C)(C)OC1. The topological polar surface area (TPSA) is 18.5 Å². The molecule has 0 aromatic heterocycles. The van der Waals surface area contributed by atoms with Crippen LogP contribution in [0.4, 0.5) is 0 Å². The van der Waals surface area contributed by atoms with Gasteiger partial charge in [-0.1, -0.05) is 0 Å². The van der Waals surface area contributed by atoms with Crippen LogP contribution in [0.3, 0.4) is 0 Å². The summed E-state index contributed by atoms with van der Waals surface area (Å²) in [4.78, 5) is 0. The fourth-order valence-electron chi connectivity index (χ4n) is 0.598. The van der Waals surface area contributed by atoms with Crippen molar-refractivity contribution < 1.29 is 9.47 Å². The van der Waals surface area contributed by atoms with E-state index < -0.39 is 5.79 Å². The molecular weight excluding hydrogens is 116 g/mol. The highest BCUT2D eigenvalue weighted by Crippen LogP contribution is 2.18. The monoisotopic (exact) mass is 128 g/mol. The molecule has 0 spiro atoms. The Morgan fingerprint density at radius 3 is 2.56 bits per heavy atom. The molecule has 0 saturated heterocycles. The molecule has 9 heavy (non-hydrogen) atoms. The Bertz CT molecular complexity index is 136. The Morgan fingerprint density at radius 1 is 1.56 bits per heavy atom. The molecule has 2 heteroatoms. The summed E-state index contributed by atoms with van der Waals surface area (Å²) in [6.45, 7) is 6.47. The second-order valence-electron chi connectivity index (χ2n) is 2.77. The molecule has 0 amide bonds. The zero-order chi connectivity index (χ0) is 6.91. The zero-order valence-electron chi connectivity index (χ0n) is 6.10. The lowest BCUT2D eigenvalue weighted by Gasteiger charge is -2.28. The zero-order valence-corrected chi connectivity index (χ0v) is 6.10. The quantitative estimate of drug-likeness (QED) is 0.494. The molecule has 0 N–H and O–H groups in total. The summed E-state index contributed by atoms with van der Waals surface area (Å²) in [5, 5.41) is 0. The first-order valence-electron chi connectivity index (χ1n) is 3.07. The molecule has 0 atom stereocenters. The van der Waals surface area contributed by atoms with Gasteiger partial charge in [0.25, 0.3) is 0 Å². The fraction of sp³-hybridized carbons (Fsp3) is 0.714. The van der Waals surface area contributed by atoms with E-state index in [1.165, 1.54) is 0 Å². The Kier molecular flexibility index (Phi) is 1.49. The number of hydrogen-bond acceptors (Lipinski definition) is 2. The average molecular weight is 128 g/mol. The van der Waals surface area contributed by atoms with Gasteiger partial charge in [0, 0.05) is 13.8 Å². The van der Waals surface area contributed by atoms with Gasteiger partial charge >= 0.3 is 0 Å². The minimum Gasteiger partial charge on any atom is -0.471 e. The Morgan fingerprint density at radius 2 is 2.22 bits per heavy atom. The summed E-state index contributed by atoms with van der Waals surface area (Å²) in [5.41, 5.74) is 1.13. The Balaban J connectivity index is 2.56. The predicted molar refractivity (Wildman–Crippen MR) is 34.9 cm³/mol. The van der Waals surface area contributed by atoms with E-state index >= 15 is 0 Å². The van der Waals surface area contributed by atoms with Crippen molar-refractivity contribution in [2.24, 2.45) is 0 Å². The predicted octanol–water partition coefficient (Wildman–Crippen LogP) is 1.67. The molecule has 1 aliphatic rings. The van der Waals surface area contributed by atoms with E-state index in [9.17, 15) is 0 Å². The normalized spacial score (nSPS) is 24.6. The molecule has 1 rings (SSSR count). The number of rotatable bonds is 0. The van der Waals surface area contributed by atoms with Crippen LogP contribution < -0.4 is 0 Å². The largest absolute Gasteiger partial charge is 0.471 e. The number of ether oxygens (including phenoxy) is 2. The smallest absolute Gasteiger partial charge is 0.204 e. The lowest BCUT2D eigenvalue weighted by molar-refractivity contribution is -0.189. The maximum atomic E-state index is 5.29. The van der Waals surface area contributed by atoms with Gasteiger partial charge in [-0.25, -0.2) is 0 Å². The summed E-state index contributed by atoms with van der Waals surface area (Å²) in [6, 6.07) is 0. The third-order valence-electron chi connectivity index (χ3n) is 1.19. The van der Waals surface area contributed by atoms with Gasteiger partial charge in [-0.05, 0) is 12.5 Å². The van der Waals surface area contributed by atoms with Crippen molar-refractivity contribution in [2.45, 2.75) is 26.6 Å². The highest BCUT2D eigenvalue weighted by atomic mass is 16.7. The standard InChI is InChI=1S/C7H12O2/c1-6-4-8-7(2,3)9-5-6/h4H,5H2,1-3H3. The molecule has 52 valence electrons. The van der Waals surface area contributed by atoms with Crippen molar-refractivity contribution in [3.05, 3.63) is 11.8 Å². The third-order valence-corrected chi connectivity index (χ3v) is 1.19. The van der Waals surface area contributed by atoms with Crippen LogP contribution in [0.5, 0.6) is 0 Å². The molecule has 1 aliphatic heterocycles. The van der Waals surface area contributed by atoms with Crippen LogP contribution in [0.2, 0.25) is 0 Å². The summed E-state index contributed by atoms with van der Waals surface area (Å²) in [6.07, 6.45) is 1.75. The molecule has 0 saturated carbocycles. The van der Waals surface area contributed by atoms with E-state index in [4.69, 9.17) is 9.47 Å². The molecule has 0 aromatic carbocycles. The van der Waals surface area contributed by atoms with Gasteiger partial charge in [-0.3, -0.25) is 0 Å². The van der Waals surface area contributed by atoms with Crippen LogP contribution in [0.15, 0.2) is 11.8 Å². The molecule has 2 nitrogen and oxygen atoms in total. The summed E-state index contributed by atoms with van der Waals surface area (Å²) in [5.74, 6) is -0.417. The Labute approximate surface area is 55.5 Å². The van der Waals surface area contributed by atoms with Gasteiger partial charge in [0.2, 0.25) is 5.79 Å². The molecule has 0 unspecified atom stereocenters. The fourth-order valence-corrected chi connectivity index (χ4v) is 0.598. The van der Waals surface area contributed by atoms with Crippen LogP contribution in [-0.4, -0.2) is 12.4 Å². The first-order chi connectivity index (χ1) is 4.10. The molecule has 0 fully saturated rings. The van der Waals surface area contributed by atoms with Crippen LogP contribution >= 0.6 is 0 Å². The molecular formula is C7H12O2. The van der Waals surface area contributed by atoms with Gasteiger partial charge in [-0.15, -0.1) is 0 Å². The van der Waals surface area contributed by atoms with E-state index in [0.717, 1.165) is 5.57 Å². The van der Waals surface area contributed by atoms with Crippen LogP contribution in [0.25, 0.3) is 0 Å². The van der Waals surface area contributed by atoms with E-state index in [1.54, 1.807) is 6.26 Å². The summed E-state index contributed by atoms with van der Waals surface area (Å²) < 4.78 is 10.5. The molecule has 0 bridgehead atoms. The van der Waals surface area contributed by atoms with E-state index in [2.05, 4.69) is 0 Å². The van der Waals surface area contributed by atoms with Crippen molar-refractivity contribution >= 4 is 0 Å². The minimum absolute atomic E-state index is 0.417. The van der Waals surface area contributed by atoms with E-state index in [1.807, 2.05) is 20.8 Å². The average Bonchev–Trinajstić information content (AvgIpc) is 1.78. The van der Waals surface area contributed by atoms with Gasteiger partial charge < -0.3 is 9.47 Å². The first-order valence-corrected chi connectivity index (χ1v) is 3.07. The lowest BCUT2D eigenvalue weighted by Crippen LogP contribution is -2.30. The van der Waals surface area contributed by atoms with Crippen LogP contribution in [0.1, 0.15) is 20.8 Å². The maximum absolute atomic E-state index is 5.29. The van der Waals surface area contributed by atoms with Gasteiger partial charge in [-0.2, -0.15) is 0 Å². The van der Waals surface area contributed by atoms with Crippen molar-refractivity contribution in [3.8, 4) is 0 Å². The first kappa shape index (κ1) is 6.62. The van der Waals surface area contributed by atoms with Gasteiger partial charge in [0.15, 0.2) is 0 Å². The van der Waals surface area contributed by atoms with E-state index in [0.29, 0.717) is 6.61 Å². The Hall–Kier alpha value is -0.500. The summed E-state index contributed by atoms with van der Waals surface area (Å²) >= 11 is 0. The molecule has 0 aliphatic carbocycles. The van der Waals surface area contributed by atoms with Gasteiger partial charge in [0.1, 0.15) is 0 Å². The molecule has 0 aromatic rings. The highest BCUT2D eigenvalue weighted by Gasteiger charge is 2.21. The van der Waals surface area contributed by atoms with Crippen molar-refractivity contribution in [1.29, 1.82) is 0 Å². The maximum Gasteiger partial charge on any atom is 0.204 e. The third kappa shape index (κ3) is 1.72. The van der Waals surface area contributed by atoms with Crippen molar-refractivity contribution in [3.63, 3.8) is 0 Å². The highest BCUT2D eigenvalue weighted by molar-refractivity contribution is 4.96. The van der Waals surface area contributed by atoms with Crippen molar-refractivity contribution in [2.75, 3.05) is 6.61 Å². The van der Waals surface area contributed by atoms with Crippen molar-refractivity contribution in [1.82, 2.24) is 0 Å². The number of hydrogen-bond donors (Lipinski definition) is 0.